The van der Waals surface area contributed by atoms with E-state index < -0.39 is 0 Å². The molecule has 0 aliphatic carbocycles. The highest BCUT2D eigenvalue weighted by molar-refractivity contribution is 5.20. The van der Waals surface area contributed by atoms with Gasteiger partial charge in [0.1, 0.15) is 0 Å². The average Bonchev–Trinajstić information content (AvgIpc) is 2.69. The van der Waals surface area contributed by atoms with Gasteiger partial charge in [-0.05, 0) is 31.4 Å². The van der Waals surface area contributed by atoms with Gasteiger partial charge in [0.05, 0.1) is 0 Å². The third-order valence-electron chi connectivity index (χ3n) is 2.28. The molecule has 90 valence electrons. The molecular weight excluding hydrogens is 194 g/mol. The summed E-state index contributed by atoms with van der Waals surface area (Å²) in [4.78, 5) is 3.29. The van der Waals surface area contributed by atoms with Crippen molar-refractivity contribution in [1.82, 2.24) is 4.98 Å². The second kappa shape index (κ2) is 10.3. The van der Waals surface area contributed by atoms with E-state index in [4.69, 9.17) is 0 Å². The molecule has 0 aromatic carbocycles. The van der Waals surface area contributed by atoms with Crippen molar-refractivity contribution in [3.05, 3.63) is 48.3 Å². The number of H-pyrrole nitrogens is 1. The first-order chi connectivity index (χ1) is 7.79. The van der Waals surface area contributed by atoms with Crippen molar-refractivity contribution in [1.29, 1.82) is 0 Å². The van der Waals surface area contributed by atoms with Crippen LogP contribution in [0.25, 0.3) is 0 Å². The summed E-state index contributed by atoms with van der Waals surface area (Å²) in [5, 5.41) is 0. The van der Waals surface area contributed by atoms with Crippen molar-refractivity contribution in [3.8, 4) is 0 Å². The second-order valence-electron chi connectivity index (χ2n) is 3.74. The molecule has 1 rings (SSSR count). The molecule has 0 radical (unpaired) electrons. The number of hydrogen-bond acceptors (Lipinski definition) is 0. The zero-order valence-electron chi connectivity index (χ0n) is 10.9. The van der Waals surface area contributed by atoms with Gasteiger partial charge in [-0.3, -0.25) is 0 Å². The summed E-state index contributed by atoms with van der Waals surface area (Å²) in [6.07, 6.45) is 12.5. The predicted molar refractivity (Wildman–Crippen MR) is 73.8 cm³/mol. The first-order valence-electron chi connectivity index (χ1n) is 6.18. The van der Waals surface area contributed by atoms with Crippen LogP contribution in [-0.2, 0) is 12.8 Å². The Hall–Kier alpha value is -1.24. The monoisotopic (exact) mass is 219 g/mol. The Labute approximate surface area is 100 Å². The Balaban J connectivity index is 0.000000385. The molecule has 1 heteroatoms. The molecule has 0 saturated carbocycles. The van der Waals surface area contributed by atoms with Crippen LogP contribution in [-0.4, -0.2) is 4.98 Å². The Morgan fingerprint density at radius 1 is 1.25 bits per heavy atom. The van der Waals surface area contributed by atoms with Crippen molar-refractivity contribution in [2.24, 2.45) is 0 Å². The molecule has 0 fully saturated rings. The topological polar surface area (TPSA) is 15.8 Å². The fourth-order valence-corrected chi connectivity index (χ4v) is 1.56. The van der Waals surface area contributed by atoms with Gasteiger partial charge in [-0.25, -0.2) is 0 Å². The van der Waals surface area contributed by atoms with E-state index in [1.54, 1.807) is 6.08 Å². The maximum absolute atomic E-state index is 3.46. The molecule has 0 atom stereocenters. The van der Waals surface area contributed by atoms with Crippen molar-refractivity contribution < 1.29 is 0 Å². The molecule has 0 amide bonds. The first kappa shape index (κ1) is 14.8. The highest BCUT2D eigenvalue weighted by Gasteiger charge is 1.99. The molecule has 1 aromatic rings. The van der Waals surface area contributed by atoms with E-state index in [0.29, 0.717) is 0 Å². The number of rotatable bonds is 5. The smallest absolute Gasteiger partial charge is 0.0179 e. The van der Waals surface area contributed by atoms with Crippen LogP contribution >= 0.6 is 0 Å². The molecular formula is C15H25N. The fraction of sp³-hybridized carbons (Fsp3) is 0.467. The fourth-order valence-electron chi connectivity index (χ4n) is 1.56. The molecule has 0 aliphatic rings. The van der Waals surface area contributed by atoms with Gasteiger partial charge in [0.2, 0.25) is 0 Å². The minimum Gasteiger partial charge on any atom is -0.365 e. The summed E-state index contributed by atoms with van der Waals surface area (Å²) in [7, 11) is 0. The molecule has 0 saturated heterocycles. The lowest BCUT2D eigenvalue weighted by Crippen LogP contribution is -1.90. The summed E-state index contributed by atoms with van der Waals surface area (Å²) >= 11 is 0. The van der Waals surface area contributed by atoms with E-state index >= 15 is 0 Å². The Kier molecular flexibility index (Phi) is 9.49. The highest BCUT2D eigenvalue weighted by Crippen LogP contribution is 2.10. The molecule has 0 aliphatic heterocycles. The van der Waals surface area contributed by atoms with E-state index in [0.717, 1.165) is 0 Å². The number of aromatic amines is 1. The highest BCUT2D eigenvalue weighted by atomic mass is 14.7. The summed E-state index contributed by atoms with van der Waals surface area (Å²) < 4.78 is 0. The van der Waals surface area contributed by atoms with Crippen LogP contribution in [0.3, 0.4) is 0 Å². The normalized spacial score (nSPS) is 9.94. The van der Waals surface area contributed by atoms with Gasteiger partial charge in [-0.15, -0.1) is 0 Å². The van der Waals surface area contributed by atoms with Crippen molar-refractivity contribution in [2.75, 3.05) is 0 Å². The van der Waals surface area contributed by atoms with E-state index in [9.17, 15) is 0 Å². The Morgan fingerprint density at radius 2 is 1.94 bits per heavy atom. The van der Waals surface area contributed by atoms with E-state index in [2.05, 4.69) is 37.7 Å². The third kappa shape index (κ3) is 6.28. The minimum atomic E-state index is 1.20. The standard InChI is InChI=1S/C10H17N.C5H8/c1-3-5-9-7-8-11-10(9)6-4-2;1-3-5-4-2/h7-8,11H,3-6H2,1-2H3;3-5H,1H2,2H3. The number of allylic oxidation sites excluding steroid dienone is 3. The molecule has 1 heterocycles. The van der Waals surface area contributed by atoms with Gasteiger partial charge in [-0.1, -0.05) is 51.5 Å². The lowest BCUT2D eigenvalue weighted by atomic mass is 10.1. The largest absolute Gasteiger partial charge is 0.365 e. The average molecular weight is 219 g/mol. The van der Waals surface area contributed by atoms with Crippen LogP contribution in [0, 0.1) is 0 Å². The van der Waals surface area contributed by atoms with Gasteiger partial charge in [0, 0.05) is 11.9 Å². The molecule has 0 unspecified atom stereocenters. The summed E-state index contributed by atoms with van der Waals surface area (Å²) in [5.74, 6) is 0. The van der Waals surface area contributed by atoms with Gasteiger partial charge in [0.25, 0.3) is 0 Å². The molecule has 0 spiro atoms. The summed E-state index contributed by atoms with van der Waals surface area (Å²) in [6, 6.07) is 2.20. The van der Waals surface area contributed by atoms with Gasteiger partial charge in [-0.2, -0.15) is 0 Å². The maximum Gasteiger partial charge on any atom is 0.0179 e. The molecule has 16 heavy (non-hydrogen) atoms. The Bertz CT molecular complexity index is 274. The molecule has 0 bridgehead atoms. The third-order valence-corrected chi connectivity index (χ3v) is 2.28. The van der Waals surface area contributed by atoms with Crippen LogP contribution in [0.15, 0.2) is 37.1 Å². The lowest BCUT2D eigenvalue weighted by molar-refractivity contribution is 0.846. The number of aryl methyl sites for hydroxylation is 2. The Morgan fingerprint density at radius 3 is 2.38 bits per heavy atom. The number of nitrogens with one attached hydrogen (secondary N) is 1. The predicted octanol–water partition coefficient (Wildman–Crippen LogP) is 4.67. The van der Waals surface area contributed by atoms with Crippen LogP contribution in [0.4, 0.5) is 0 Å². The minimum absolute atomic E-state index is 1.20. The maximum atomic E-state index is 3.46. The van der Waals surface area contributed by atoms with Crippen molar-refractivity contribution in [3.63, 3.8) is 0 Å². The quantitative estimate of drug-likeness (QED) is 0.693. The van der Waals surface area contributed by atoms with E-state index in [1.165, 1.54) is 36.9 Å². The van der Waals surface area contributed by atoms with E-state index in [-0.39, 0.29) is 0 Å². The van der Waals surface area contributed by atoms with Crippen LogP contribution in [0.2, 0.25) is 0 Å². The number of aromatic nitrogens is 1. The van der Waals surface area contributed by atoms with Crippen LogP contribution in [0.1, 0.15) is 44.9 Å². The van der Waals surface area contributed by atoms with Gasteiger partial charge < -0.3 is 4.98 Å². The first-order valence-corrected chi connectivity index (χ1v) is 6.18. The van der Waals surface area contributed by atoms with Crippen molar-refractivity contribution >= 4 is 0 Å². The summed E-state index contributed by atoms with van der Waals surface area (Å²) in [5.41, 5.74) is 2.95. The second-order valence-corrected chi connectivity index (χ2v) is 3.74. The van der Waals surface area contributed by atoms with Crippen LogP contribution in [0.5, 0.6) is 0 Å². The van der Waals surface area contributed by atoms with Gasteiger partial charge >= 0.3 is 0 Å². The van der Waals surface area contributed by atoms with E-state index in [1.807, 2.05) is 19.1 Å². The SMILES string of the molecule is C=CC=CC.CCCc1cc[nH]c1CCC. The molecule has 1 aromatic heterocycles. The van der Waals surface area contributed by atoms with Crippen molar-refractivity contribution in [2.45, 2.75) is 46.5 Å². The summed E-state index contributed by atoms with van der Waals surface area (Å²) in [6.45, 7) is 9.87. The lowest BCUT2D eigenvalue weighted by Gasteiger charge is -1.99. The number of hydrogen-bond donors (Lipinski definition) is 1. The van der Waals surface area contributed by atoms with Crippen LogP contribution < -0.4 is 0 Å². The molecule has 1 N–H and O–H groups in total. The van der Waals surface area contributed by atoms with Gasteiger partial charge in [0.15, 0.2) is 0 Å². The zero-order chi connectivity index (χ0) is 12.2. The molecule has 1 nitrogen and oxygen atoms in total. The zero-order valence-corrected chi connectivity index (χ0v) is 10.9.